The molecule has 2 N–H and O–H groups in total. The molecule has 1 aromatic carbocycles. The van der Waals surface area contributed by atoms with Gasteiger partial charge < -0.3 is 15.2 Å². The second-order valence-electron chi connectivity index (χ2n) is 20.4. The molecule has 8 heteroatoms. The average Bonchev–Trinajstić information content (AvgIpc) is 3.89. The van der Waals surface area contributed by atoms with Gasteiger partial charge in [-0.2, -0.15) is 0 Å². The van der Waals surface area contributed by atoms with Crippen molar-refractivity contribution >= 4 is 17.7 Å². The van der Waals surface area contributed by atoms with Crippen molar-refractivity contribution < 1.29 is 23.9 Å². The van der Waals surface area contributed by atoms with Crippen LogP contribution in [0.25, 0.3) is 0 Å². The average molecular weight is 750 g/mol. The quantitative estimate of drug-likeness (QED) is 0.246. The maximum absolute atomic E-state index is 15.6. The Labute approximate surface area is 327 Å². The third-order valence-corrected chi connectivity index (χ3v) is 18.0. The zero-order valence-electron chi connectivity index (χ0n) is 33.3. The first-order valence-corrected chi connectivity index (χ1v) is 22.8. The molecule has 3 unspecified atom stereocenters. The number of nitrogens with zero attached hydrogens (tertiary/aromatic N) is 2. The zero-order chi connectivity index (χ0) is 37.4. The number of Topliss-reactive ketones (excluding diaryl/α,β-unsaturated/α-hetero) is 1. The lowest BCUT2D eigenvalue weighted by molar-refractivity contribution is -0.292. The van der Waals surface area contributed by atoms with E-state index in [-0.39, 0.29) is 29.7 Å². The summed E-state index contributed by atoms with van der Waals surface area (Å²) in [5, 5.41) is 0. The summed E-state index contributed by atoms with van der Waals surface area (Å²) in [5.41, 5.74) is 6.90. The molecule has 0 radical (unpaired) electrons. The summed E-state index contributed by atoms with van der Waals surface area (Å²) in [5.74, 6) is 2.77. The molecule has 15 atom stereocenters. The molecule has 296 valence electrons. The molecule has 13 aliphatic rings. The van der Waals surface area contributed by atoms with Gasteiger partial charge in [-0.3, -0.25) is 19.4 Å². The lowest BCUT2D eigenvalue weighted by Gasteiger charge is -2.70. The normalized spacial score (nSPS) is 47.8. The summed E-state index contributed by atoms with van der Waals surface area (Å²) in [6.45, 7) is 8.54. The molecule has 2 spiro atoms. The van der Waals surface area contributed by atoms with E-state index < -0.39 is 22.5 Å². The molecule has 9 fully saturated rings. The molecule has 6 saturated heterocycles. The van der Waals surface area contributed by atoms with Crippen LogP contribution in [-0.4, -0.2) is 77.9 Å². The zero-order valence-corrected chi connectivity index (χ0v) is 33.3. The Hall–Kier alpha value is -2.55. The van der Waals surface area contributed by atoms with Gasteiger partial charge in [0.05, 0.1) is 11.0 Å². The van der Waals surface area contributed by atoms with Crippen LogP contribution in [0.15, 0.2) is 29.8 Å². The Morgan fingerprint density at radius 1 is 0.945 bits per heavy atom. The van der Waals surface area contributed by atoms with Crippen LogP contribution < -0.4 is 5.73 Å². The van der Waals surface area contributed by atoms with Crippen molar-refractivity contribution in [1.82, 2.24) is 9.80 Å². The first kappa shape index (κ1) is 35.6. The predicted molar refractivity (Wildman–Crippen MR) is 209 cm³/mol. The standard InChI is InChI=1S/C47H63N3O5/c1-3-8-39-45-23-32-16-17-46(45,47(39)35-13-6-11-30(12-7-18-48)40(35)43(52)55-47)42(54-44(45)53)38(51)22-37(29-9-4-5-10-29)49-24-28-21-33(26-49)36-15-14-31-19-27(2)20-34(32)41(31)50(36)25-28/h6,11,13,23,27-29,31,33-34,36-37,39,41-42H,3-5,7-10,12,14-22,24-26,48H2,1-2H3/t27-,28+,31-,33+,34+,36-,37+,39-,41?,42-,45+,46-,47+/m1/s1. The number of nitrogens with two attached hydrogens (primary N) is 1. The summed E-state index contributed by atoms with van der Waals surface area (Å²) in [6.07, 6.45) is 17.6. The van der Waals surface area contributed by atoms with Crippen molar-refractivity contribution in [3.63, 3.8) is 0 Å². The Bertz CT molecular complexity index is 1820. The van der Waals surface area contributed by atoms with E-state index in [4.69, 9.17) is 15.2 Å². The smallest absolute Gasteiger partial charge is 0.339 e. The van der Waals surface area contributed by atoms with Gasteiger partial charge in [-0.15, -0.1) is 0 Å². The highest BCUT2D eigenvalue weighted by molar-refractivity contribution is 6.01. The molecule has 10 bridgehead atoms. The molecule has 0 aromatic heterocycles. The summed E-state index contributed by atoms with van der Waals surface area (Å²) >= 11 is 0. The Balaban J connectivity index is 1.13. The maximum atomic E-state index is 15.6. The molecule has 9 heterocycles. The number of hydrogen-bond donors (Lipinski definition) is 1. The molecule has 0 amide bonds. The fourth-order valence-corrected chi connectivity index (χ4v) is 16.4. The molecule has 14 rings (SSSR count). The third-order valence-electron chi connectivity index (χ3n) is 18.0. The van der Waals surface area contributed by atoms with Crippen molar-refractivity contribution in [1.29, 1.82) is 0 Å². The van der Waals surface area contributed by atoms with Gasteiger partial charge in [0.1, 0.15) is 5.41 Å². The van der Waals surface area contributed by atoms with E-state index in [1.165, 1.54) is 63.5 Å². The molecule has 9 aliphatic heterocycles. The molecular formula is C47H63N3O5. The number of carbonyl (C=O) groups is 3. The van der Waals surface area contributed by atoms with Crippen LogP contribution in [0.4, 0.5) is 0 Å². The van der Waals surface area contributed by atoms with Crippen molar-refractivity contribution in [3.05, 3.63) is 46.5 Å². The van der Waals surface area contributed by atoms with E-state index in [2.05, 4.69) is 41.9 Å². The minimum atomic E-state index is -1.08. The number of ketones is 1. The van der Waals surface area contributed by atoms with Crippen molar-refractivity contribution in [2.75, 3.05) is 26.2 Å². The number of carbonyl (C=O) groups excluding carboxylic acids is 3. The highest BCUT2D eigenvalue weighted by Crippen LogP contribution is 2.83. The Morgan fingerprint density at radius 3 is 2.62 bits per heavy atom. The maximum Gasteiger partial charge on any atom is 0.339 e. The first-order valence-electron chi connectivity index (χ1n) is 22.8. The van der Waals surface area contributed by atoms with Crippen molar-refractivity contribution in [3.8, 4) is 0 Å². The van der Waals surface area contributed by atoms with Crippen LogP contribution >= 0.6 is 0 Å². The van der Waals surface area contributed by atoms with Gasteiger partial charge in [0.2, 0.25) is 0 Å². The van der Waals surface area contributed by atoms with Crippen LogP contribution in [0, 0.1) is 52.3 Å². The number of ether oxygens (including phenoxy) is 2. The van der Waals surface area contributed by atoms with Gasteiger partial charge in [-0.05, 0) is 125 Å². The van der Waals surface area contributed by atoms with Gasteiger partial charge in [0.15, 0.2) is 17.5 Å². The van der Waals surface area contributed by atoms with E-state index >= 15 is 9.59 Å². The van der Waals surface area contributed by atoms with Crippen LogP contribution in [-0.2, 0) is 31.1 Å². The van der Waals surface area contributed by atoms with E-state index in [1.54, 1.807) is 0 Å². The van der Waals surface area contributed by atoms with Crippen LogP contribution in [0.5, 0.6) is 0 Å². The molecule has 8 nitrogen and oxygen atoms in total. The lowest BCUT2D eigenvalue weighted by Crippen LogP contribution is -2.78. The van der Waals surface area contributed by atoms with Gasteiger partial charge in [-0.25, -0.2) is 4.79 Å². The SMILES string of the molecule is CCC[C@@H]1[C@]23C=C4CC[C@]2([C@H](OC3=O)C(=O)C[C@@H](C2CCCC2)N2C[C@@H]3C[C@@H](C2)[C@H]2CC[C@@H]5C[C@@H](C)C[C@@H]4C5N2C3)[C@@]12OC(=O)c1c(CCCN)cccc12. The summed E-state index contributed by atoms with van der Waals surface area (Å²) < 4.78 is 13.7. The summed E-state index contributed by atoms with van der Waals surface area (Å²) in [4.78, 5) is 51.0. The van der Waals surface area contributed by atoms with Crippen LogP contribution in [0.3, 0.4) is 0 Å². The topological polar surface area (TPSA) is 102 Å². The molecular weight excluding hydrogens is 687 g/mol. The minimum Gasteiger partial charge on any atom is -0.453 e. The van der Waals surface area contributed by atoms with Crippen molar-refractivity contribution in [2.45, 2.75) is 146 Å². The van der Waals surface area contributed by atoms with E-state index in [0.717, 1.165) is 56.3 Å². The number of rotatable bonds is 6. The molecule has 55 heavy (non-hydrogen) atoms. The van der Waals surface area contributed by atoms with Gasteiger partial charge in [0, 0.05) is 55.7 Å². The number of piperidine rings is 3. The largest absolute Gasteiger partial charge is 0.453 e. The molecule has 1 aromatic rings. The number of benzene rings is 1. The predicted octanol–water partition coefficient (Wildman–Crippen LogP) is 6.97. The monoisotopic (exact) mass is 749 g/mol. The van der Waals surface area contributed by atoms with Gasteiger partial charge in [0.25, 0.3) is 0 Å². The van der Waals surface area contributed by atoms with Gasteiger partial charge in [-0.1, -0.05) is 63.0 Å². The lowest BCUT2D eigenvalue weighted by atomic mass is 9.30. The minimum absolute atomic E-state index is 0.0689. The van der Waals surface area contributed by atoms with Crippen molar-refractivity contribution in [2.24, 2.45) is 58.0 Å². The number of esters is 2. The fraction of sp³-hybridized carbons (Fsp3) is 0.766. The van der Waals surface area contributed by atoms with E-state index in [0.29, 0.717) is 79.0 Å². The second-order valence-corrected chi connectivity index (χ2v) is 20.4. The van der Waals surface area contributed by atoms with Crippen LogP contribution in [0.1, 0.15) is 132 Å². The molecule has 4 aliphatic carbocycles. The second kappa shape index (κ2) is 12.7. The number of hydrogen-bond acceptors (Lipinski definition) is 8. The van der Waals surface area contributed by atoms with E-state index in [9.17, 15) is 4.79 Å². The fourth-order valence-electron chi connectivity index (χ4n) is 16.4. The highest BCUT2D eigenvalue weighted by atomic mass is 16.6. The number of aryl methyl sites for hydroxylation is 1. The molecule has 3 saturated carbocycles. The highest BCUT2D eigenvalue weighted by Gasteiger charge is 2.92. The summed E-state index contributed by atoms with van der Waals surface area (Å²) in [7, 11) is 0. The summed E-state index contributed by atoms with van der Waals surface area (Å²) in [6, 6.07) is 7.50. The van der Waals surface area contributed by atoms with E-state index in [1.807, 2.05) is 6.07 Å². The Kier molecular flexibility index (Phi) is 8.24. The van der Waals surface area contributed by atoms with Crippen LogP contribution in [0.2, 0.25) is 0 Å². The third kappa shape index (κ3) is 4.54. The Morgan fingerprint density at radius 2 is 1.80 bits per heavy atom. The number of fused-ring (bicyclic) bond motifs is 2. The first-order chi connectivity index (χ1) is 26.8. The van der Waals surface area contributed by atoms with Gasteiger partial charge >= 0.3 is 11.9 Å².